The van der Waals surface area contributed by atoms with Gasteiger partial charge in [0.1, 0.15) is 35.9 Å². The van der Waals surface area contributed by atoms with Crippen molar-refractivity contribution < 1.29 is 19.0 Å². The number of rotatable bonds is 2. The molecule has 8 nitrogen and oxygen atoms in total. The number of hydrogen-bond donors (Lipinski definition) is 2. The number of imidazole rings is 1. The molecule has 9 heteroatoms. The first-order valence-corrected chi connectivity index (χ1v) is 7.21. The first-order valence-electron chi connectivity index (χ1n) is 7.21. The fourth-order valence-corrected chi connectivity index (χ4v) is 3.28. The van der Waals surface area contributed by atoms with Crippen molar-refractivity contribution in [3.63, 3.8) is 0 Å². The number of nitrogens with zero attached hydrogens (tertiary/aromatic N) is 4. The van der Waals surface area contributed by atoms with Crippen LogP contribution in [0, 0.1) is 0 Å². The van der Waals surface area contributed by atoms with Crippen LogP contribution < -0.4 is 5.73 Å². The summed E-state index contributed by atoms with van der Waals surface area (Å²) in [7, 11) is 0. The van der Waals surface area contributed by atoms with E-state index in [-0.39, 0.29) is 11.4 Å². The van der Waals surface area contributed by atoms with Crippen LogP contribution in [0.5, 0.6) is 0 Å². The zero-order valence-electron chi connectivity index (χ0n) is 12.6. The molecule has 0 amide bonds. The van der Waals surface area contributed by atoms with E-state index in [9.17, 15) is 9.50 Å². The Balaban J connectivity index is 1.86. The first kappa shape index (κ1) is 14.5. The minimum absolute atomic E-state index is 0.189. The fourth-order valence-electron chi connectivity index (χ4n) is 3.28. The Morgan fingerprint density at radius 3 is 2.87 bits per heavy atom. The minimum Gasteiger partial charge on any atom is -0.392 e. The number of nitrogens with two attached hydrogens (primary N) is 1. The number of aromatic nitrogens is 4. The van der Waals surface area contributed by atoms with Gasteiger partial charge >= 0.3 is 0 Å². The summed E-state index contributed by atoms with van der Waals surface area (Å²) in [5.74, 6) is -1.13. The molecule has 1 aliphatic carbocycles. The van der Waals surface area contributed by atoms with Crippen LogP contribution in [0.4, 0.5) is 10.2 Å². The number of anilines is 1. The quantitative estimate of drug-likeness (QED) is 0.838. The second kappa shape index (κ2) is 4.70. The van der Waals surface area contributed by atoms with Gasteiger partial charge in [0, 0.05) is 5.57 Å². The zero-order valence-corrected chi connectivity index (χ0v) is 12.6. The predicted molar refractivity (Wildman–Crippen MR) is 77.8 cm³/mol. The van der Waals surface area contributed by atoms with Gasteiger partial charge in [-0.05, 0) is 13.8 Å². The molecule has 122 valence electrons. The van der Waals surface area contributed by atoms with Gasteiger partial charge in [0.2, 0.25) is 0 Å². The summed E-state index contributed by atoms with van der Waals surface area (Å²) in [5, 5.41) is 9.52. The number of fused-ring (bicyclic) bond motifs is 2. The summed E-state index contributed by atoms with van der Waals surface area (Å²) in [4.78, 5) is 12.2. The highest BCUT2D eigenvalue weighted by atomic mass is 19.1. The molecule has 0 saturated carbocycles. The third-order valence-electron chi connectivity index (χ3n) is 4.21. The highest BCUT2D eigenvalue weighted by Gasteiger charge is 2.54. The fraction of sp³-hybridized carbons (Fsp3) is 0.500. The predicted octanol–water partition coefficient (Wildman–Crippen LogP) is 0.699. The van der Waals surface area contributed by atoms with Crippen molar-refractivity contribution in [2.24, 2.45) is 0 Å². The summed E-state index contributed by atoms with van der Waals surface area (Å²) < 4.78 is 28.0. The molecule has 2 aromatic heterocycles. The van der Waals surface area contributed by atoms with Crippen LogP contribution in [0.25, 0.3) is 11.2 Å². The average molecular weight is 321 g/mol. The van der Waals surface area contributed by atoms with Gasteiger partial charge in [-0.3, -0.25) is 0 Å². The third-order valence-corrected chi connectivity index (χ3v) is 4.21. The van der Waals surface area contributed by atoms with Gasteiger partial charge < -0.3 is 24.9 Å². The summed E-state index contributed by atoms with van der Waals surface area (Å²) >= 11 is 0. The SMILES string of the molecule is CC1(C)OC2C(CO)=C(F)C(n3cnc4c(N)ncnc43)C2O1. The van der Waals surface area contributed by atoms with Gasteiger partial charge in [-0.15, -0.1) is 0 Å². The molecule has 0 radical (unpaired) electrons. The van der Waals surface area contributed by atoms with Crippen molar-refractivity contribution in [2.75, 3.05) is 12.3 Å². The topological polar surface area (TPSA) is 108 Å². The maximum atomic E-state index is 14.9. The van der Waals surface area contributed by atoms with Gasteiger partial charge in [-0.25, -0.2) is 19.3 Å². The molecule has 4 rings (SSSR count). The second-order valence-corrected chi connectivity index (χ2v) is 6.08. The molecule has 2 aliphatic rings. The lowest BCUT2D eigenvalue weighted by molar-refractivity contribution is -0.149. The Kier molecular flexibility index (Phi) is 2.96. The van der Waals surface area contributed by atoms with Crippen LogP contribution in [0.3, 0.4) is 0 Å². The molecule has 3 atom stereocenters. The Bertz CT molecular complexity index is 818. The molecule has 23 heavy (non-hydrogen) atoms. The van der Waals surface area contributed by atoms with E-state index < -0.39 is 36.5 Å². The molecule has 2 aromatic rings. The van der Waals surface area contributed by atoms with Crippen molar-refractivity contribution in [3.05, 3.63) is 24.1 Å². The Labute approximate surface area is 130 Å². The van der Waals surface area contributed by atoms with Crippen LogP contribution >= 0.6 is 0 Å². The van der Waals surface area contributed by atoms with E-state index in [4.69, 9.17) is 15.2 Å². The number of halogens is 1. The number of aliphatic hydroxyl groups is 1. The van der Waals surface area contributed by atoms with Crippen molar-refractivity contribution in [2.45, 2.75) is 37.9 Å². The van der Waals surface area contributed by atoms with Crippen molar-refractivity contribution >= 4 is 17.0 Å². The standard InChI is InChI=1S/C14H16FN5O3/c1-14(2)22-10-6(3-21)7(15)9(11(10)23-14)20-5-19-8-12(16)17-4-18-13(8)20/h4-5,9-11,21H,3H2,1-2H3,(H2,16,17,18). The second-order valence-electron chi connectivity index (χ2n) is 6.08. The molecule has 3 heterocycles. The highest BCUT2D eigenvalue weighted by molar-refractivity contribution is 5.81. The highest BCUT2D eigenvalue weighted by Crippen LogP contribution is 2.48. The normalized spacial score (nSPS) is 29.5. The van der Waals surface area contributed by atoms with Crippen LogP contribution in [0.2, 0.25) is 0 Å². The van der Waals surface area contributed by atoms with Gasteiger partial charge in [-0.2, -0.15) is 0 Å². The largest absolute Gasteiger partial charge is 0.392 e. The van der Waals surface area contributed by atoms with E-state index in [0.29, 0.717) is 11.2 Å². The van der Waals surface area contributed by atoms with Crippen LogP contribution in [-0.2, 0) is 9.47 Å². The lowest BCUT2D eigenvalue weighted by Gasteiger charge is -2.22. The number of hydrogen-bond acceptors (Lipinski definition) is 7. The van der Waals surface area contributed by atoms with Crippen LogP contribution in [0.1, 0.15) is 19.9 Å². The average Bonchev–Trinajstić information content (AvgIpc) is 3.09. The summed E-state index contributed by atoms with van der Waals surface area (Å²) in [5.41, 5.74) is 6.77. The number of ether oxygens (including phenoxy) is 2. The lowest BCUT2D eigenvalue weighted by atomic mass is 10.1. The molecule has 1 aliphatic heterocycles. The molecule has 3 N–H and O–H groups in total. The monoisotopic (exact) mass is 321 g/mol. The van der Waals surface area contributed by atoms with Crippen LogP contribution in [0.15, 0.2) is 24.1 Å². The Morgan fingerprint density at radius 1 is 1.35 bits per heavy atom. The van der Waals surface area contributed by atoms with Crippen molar-refractivity contribution in [1.82, 2.24) is 19.5 Å². The van der Waals surface area contributed by atoms with E-state index in [1.54, 1.807) is 18.4 Å². The Morgan fingerprint density at radius 2 is 2.13 bits per heavy atom. The molecular formula is C14H16FN5O3. The van der Waals surface area contributed by atoms with Gasteiger partial charge in [-0.1, -0.05) is 0 Å². The maximum absolute atomic E-state index is 14.9. The molecule has 1 fully saturated rings. The molecule has 1 saturated heterocycles. The summed E-state index contributed by atoms with van der Waals surface area (Å²) in [6.07, 6.45) is 1.50. The Hall–Kier alpha value is -2.10. The van der Waals surface area contributed by atoms with Crippen molar-refractivity contribution in [1.29, 1.82) is 0 Å². The molecular weight excluding hydrogens is 305 g/mol. The van der Waals surface area contributed by atoms with E-state index in [1.165, 1.54) is 12.7 Å². The molecule has 3 unspecified atom stereocenters. The summed E-state index contributed by atoms with van der Waals surface area (Å²) in [6.45, 7) is 3.07. The van der Waals surface area contributed by atoms with E-state index in [1.807, 2.05) is 0 Å². The number of aliphatic hydroxyl groups excluding tert-OH is 1. The first-order chi connectivity index (χ1) is 10.9. The molecule has 0 spiro atoms. The minimum atomic E-state index is -0.862. The van der Waals surface area contributed by atoms with Gasteiger partial charge in [0.05, 0.1) is 12.9 Å². The lowest BCUT2D eigenvalue weighted by Crippen LogP contribution is -2.28. The van der Waals surface area contributed by atoms with E-state index >= 15 is 0 Å². The zero-order chi connectivity index (χ0) is 16.4. The molecule has 0 aromatic carbocycles. The maximum Gasteiger partial charge on any atom is 0.166 e. The van der Waals surface area contributed by atoms with Crippen LogP contribution in [-0.4, -0.2) is 49.2 Å². The van der Waals surface area contributed by atoms with Gasteiger partial charge in [0.25, 0.3) is 0 Å². The number of nitrogen functional groups attached to an aromatic ring is 1. The van der Waals surface area contributed by atoms with Gasteiger partial charge in [0.15, 0.2) is 17.3 Å². The van der Waals surface area contributed by atoms with E-state index in [0.717, 1.165) is 0 Å². The summed E-state index contributed by atoms with van der Waals surface area (Å²) in [6, 6.07) is -0.816. The van der Waals surface area contributed by atoms with Crippen molar-refractivity contribution in [3.8, 4) is 0 Å². The van der Waals surface area contributed by atoms with E-state index in [2.05, 4.69) is 15.0 Å². The molecule has 0 bridgehead atoms. The third kappa shape index (κ3) is 1.97. The smallest absolute Gasteiger partial charge is 0.166 e.